The van der Waals surface area contributed by atoms with Gasteiger partial charge in [-0.25, -0.2) is 9.97 Å². The minimum absolute atomic E-state index is 0.00145. The molecule has 1 aromatic carbocycles. The van der Waals surface area contributed by atoms with E-state index < -0.39 is 0 Å². The maximum Gasteiger partial charge on any atom is 0.273 e. The van der Waals surface area contributed by atoms with Gasteiger partial charge in [-0.2, -0.15) is 0 Å². The molecule has 2 unspecified atom stereocenters. The number of nitrogens with one attached hydrogen (secondary N) is 1. The molecule has 1 N–H and O–H groups in total. The maximum atomic E-state index is 13.1. The molecule has 4 rings (SSSR count). The molecular weight excluding hydrogens is 376 g/mol. The largest absolute Gasteiger partial charge is 0.381 e. The SMILES string of the molecule is CC(C)c1ccc(Nc2nc(C3CCOCC3C)nc3c2CN(C(C)C)C3=O)cc1. The Kier molecular flexibility index (Phi) is 5.78. The molecular formula is C24H32N4O2. The van der Waals surface area contributed by atoms with Crippen LogP contribution in [0.25, 0.3) is 0 Å². The van der Waals surface area contributed by atoms with Crippen LogP contribution >= 0.6 is 0 Å². The highest BCUT2D eigenvalue weighted by Crippen LogP contribution is 2.35. The maximum absolute atomic E-state index is 13.1. The number of hydrogen-bond acceptors (Lipinski definition) is 5. The summed E-state index contributed by atoms with van der Waals surface area (Å²) in [5.41, 5.74) is 3.71. The number of rotatable bonds is 5. The van der Waals surface area contributed by atoms with Crippen molar-refractivity contribution >= 4 is 17.4 Å². The Morgan fingerprint density at radius 1 is 1.13 bits per heavy atom. The van der Waals surface area contributed by atoms with Crippen molar-refractivity contribution in [3.63, 3.8) is 0 Å². The van der Waals surface area contributed by atoms with Crippen molar-refractivity contribution in [1.82, 2.24) is 14.9 Å². The summed E-state index contributed by atoms with van der Waals surface area (Å²) in [6, 6.07) is 8.56. The van der Waals surface area contributed by atoms with E-state index in [2.05, 4.69) is 50.4 Å². The fourth-order valence-electron chi connectivity index (χ4n) is 4.24. The molecule has 0 aliphatic carbocycles. The molecule has 160 valence electrons. The number of carbonyl (C=O) groups is 1. The Balaban J connectivity index is 1.73. The van der Waals surface area contributed by atoms with Crippen LogP contribution in [-0.2, 0) is 11.3 Å². The van der Waals surface area contributed by atoms with Crippen molar-refractivity contribution in [2.24, 2.45) is 5.92 Å². The summed E-state index contributed by atoms with van der Waals surface area (Å²) in [5.74, 6) is 2.52. The van der Waals surface area contributed by atoms with Gasteiger partial charge < -0.3 is 15.0 Å². The predicted octanol–water partition coefficient (Wildman–Crippen LogP) is 4.85. The van der Waals surface area contributed by atoms with Crippen LogP contribution in [-0.4, -0.2) is 40.0 Å². The Morgan fingerprint density at radius 2 is 1.87 bits per heavy atom. The van der Waals surface area contributed by atoms with Gasteiger partial charge in [0.05, 0.1) is 6.54 Å². The van der Waals surface area contributed by atoms with E-state index >= 15 is 0 Å². The van der Waals surface area contributed by atoms with Crippen LogP contribution in [0.1, 0.15) is 80.3 Å². The molecule has 30 heavy (non-hydrogen) atoms. The standard InChI is InChI=1S/C24H32N4O2/c1-14(2)17-6-8-18(9-7-17)25-23-20-12-28(15(3)4)24(29)21(20)26-22(27-23)19-10-11-30-13-16(19)5/h6-9,14-16,19H,10-13H2,1-5H3,(H,25,26,27). The Morgan fingerprint density at radius 3 is 2.50 bits per heavy atom. The number of anilines is 2. The van der Waals surface area contributed by atoms with Gasteiger partial charge in [0.2, 0.25) is 0 Å². The van der Waals surface area contributed by atoms with Crippen LogP contribution in [0.5, 0.6) is 0 Å². The predicted molar refractivity (Wildman–Crippen MR) is 118 cm³/mol. The van der Waals surface area contributed by atoms with Gasteiger partial charge >= 0.3 is 0 Å². The second kappa shape index (κ2) is 8.34. The average Bonchev–Trinajstić information content (AvgIpc) is 3.06. The van der Waals surface area contributed by atoms with Gasteiger partial charge in [0.25, 0.3) is 5.91 Å². The lowest BCUT2D eigenvalue weighted by molar-refractivity contribution is 0.0452. The third kappa shape index (κ3) is 3.93. The lowest BCUT2D eigenvalue weighted by atomic mass is 9.89. The van der Waals surface area contributed by atoms with E-state index in [1.807, 2.05) is 18.7 Å². The molecule has 0 spiro atoms. The number of fused-ring (bicyclic) bond motifs is 1. The molecule has 2 aliphatic heterocycles. The quantitative estimate of drug-likeness (QED) is 0.766. The summed E-state index contributed by atoms with van der Waals surface area (Å²) < 4.78 is 5.61. The number of benzene rings is 1. The third-order valence-electron chi connectivity index (χ3n) is 6.25. The van der Waals surface area contributed by atoms with E-state index in [4.69, 9.17) is 14.7 Å². The minimum atomic E-state index is 0.00145. The molecule has 0 saturated carbocycles. The highest BCUT2D eigenvalue weighted by atomic mass is 16.5. The summed E-state index contributed by atoms with van der Waals surface area (Å²) in [4.78, 5) is 24.7. The van der Waals surface area contributed by atoms with E-state index in [1.165, 1.54) is 5.56 Å². The van der Waals surface area contributed by atoms with Crippen LogP contribution in [0, 0.1) is 5.92 Å². The zero-order valence-corrected chi connectivity index (χ0v) is 18.6. The van der Waals surface area contributed by atoms with E-state index in [-0.39, 0.29) is 17.9 Å². The zero-order chi connectivity index (χ0) is 21.4. The van der Waals surface area contributed by atoms with Crippen LogP contribution in [0.3, 0.4) is 0 Å². The highest BCUT2D eigenvalue weighted by Gasteiger charge is 2.36. The van der Waals surface area contributed by atoms with Crippen molar-refractivity contribution in [1.29, 1.82) is 0 Å². The minimum Gasteiger partial charge on any atom is -0.381 e. The normalized spacial score (nSPS) is 21.4. The van der Waals surface area contributed by atoms with E-state index in [1.54, 1.807) is 0 Å². The number of aromatic nitrogens is 2. The molecule has 2 aliphatic rings. The van der Waals surface area contributed by atoms with Gasteiger partial charge in [0.1, 0.15) is 17.3 Å². The van der Waals surface area contributed by atoms with E-state index in [0.29, 0.717) is 37.3 Å². The summed E-state index contributed by atoms with van der Waals surface area (Å²) in [6.07, 6.45) is 0.880. The van der Waals surface area contributed by atoms with Gasteiger partial charge in [-0.1, -0.05) is 32.9 Å². The average molecular weight is 409 g/mol. The lowest BCUT2D eigenvalue weighted by Crippen LogP contribution is -2.31. The van der Waals surface area contributed by atoms with Crippen LogP contribution in [0.15, 0.2) is 24.3 Å². The second-order valence-corrected chi connectivity index (χ2v) is 9.13. The first kappa shape index (κ1) is 20.8. The van der Waals surface area contributed by atoms with Crippen molar-refractivity contribution in [2.75, 3.05) is 18.5 Å². The molecule has 2 aromatic rings. The molecule has 1 saturated heterocycles. The first-order valence-corrected chi connectivity index (χ1v) is 11.0. The summed E-state index contributed by atoms with van der Waals surface area (Å²) in [7, 11) is 0. The van der Waals surface area contributed by atoms with E-state index in [9.17, 15) is 4.79 Å². The molecule has 1 aromatic heterocycles. The molecule has 6 nitrogen and oxygen atoms in total. The van der Waals surface area contributed by atoms with Crippen molar-refractivity contribution in [3.8, 4) is 0 Å². The summed E-state index contributed by atoms with van der Waals surface area (Å²) in [5, 5.41) is 3.48. The van der Waals surface area contributed by atoms with Crippen LogP contribution in [0.4, 0.5) is 11.5 Å². The molecule has 1 fully saturated rings. The molecule has 2 atom stereocenters. The highest BCUT2D eigenvalue weighted by molar-refractivity contribution is 5.98. The second-order valence-electron chi connectivity index (χ2n) is 9.13. The lowest BCUT2D eigenvalue weighted by Gasteiger charge is -2.28. The topological polar surface area (TPSA) is 67.4 Å². The van der Waals surface area contributed by atoms with Gasteiger partial charge in [0.15, 0.2) is 0 Å². The number of ether oxygens (including phenoxy) is 1. The van der Waals surface area contributed by atoms with Crippen molar-refractivity contribution in [2.45, 2.75) is 65.5 Å². The van der Waals surface area contributed by atoms with Gasteiger partial charge in [-0.3, -0.25) is 4.79 Å². The zero-order valence-electron chi connectivity index (χ0n) is 18.6. The van der Waals surface area contributed by atoms with Gasteiger partial charge in [-0.05, 0) is 49.8 Å². The molecule has 0 bridgehead atoms. The smallest absolute Gasteiger partial charge is 0.273 e. The Hall–Kier alpha value is -2.47. The summed E-state index contributed by atoms with van der Waals surface area (Å²) >= 11 is 0. The number of carbonyl (C=O) groups excluding carboxylic acids is 1. The van der Waals surface area contributed by atoms with Gasteiger partial charge in [0, 0.05) is 36.4 Å². The fourth-order valence-corrected chi connectivity index (χ4v) is 4.24. The van der Waals surface area contributed by atoms with Crippen LogP contribution < -0.4 is 5.32 Å². The molecule has 0 radical (unpaired) electrons. The van der Waals surface area contributed by atoms with Crippen LogP contribution in [0.2, 0.25) is 0 Å². The number of hydrogen-bond donors (Lipinski definition) is 1. The molecule has 1 amide bonds. The first-order chi connectivity index (χ1) is 14.3. The van der Waals surface area contributed by atoms with E-state index in [0.717, 1.165) is 29.3 Å². The Bertz CT molecular complexity index is 924. The molecule has 6 heteroatoms. The Labute approximate surface area is 179 Å². The van der Waals surface area contributed by atoms with Crippen molar-refractivity contribution < 1.29 is 9.53 Å². The monoisotopic (exact) mass is 408 g/mol. The molecule has 3 heterocycles. The third-order valence-corrected chi connectivity index (χ3v) is 6.25. The van der Waals surface area contributed by atoms with Crippen molar-refractivity contribution in [3.05, 3.63) is 46.9 Å². The number of amides is 1. The van der Waals surface area contributed by atoms with Gasteiger partial charge in [-0.15, -0.1) is 0 Å². The first-order valence-electron chi connectivity index (χ1n) is 11.0. The fraction of sp³-hybridized carbons (Fsp3) is 0.542. The summed E-state index contributed by atoms with van der Waals surface area (Å²) in [6.45, 7) is 12.6. The number of nitrogens with zero attached hydrogens (tertiary/aromatic N) is 3.